The molecule has 0 saturated carbocycles. The Kier molecular flexibility index (Phi) is 5.96. The van der Waals surface area contributed by atoms with Crippen molar-refractivity contribution in [2.75, 3.05) is 6.54 Å². The van der Waals surface area contributed by atoms with Crippen LogP contribution >= 0.6 is 0 Å². The Labute approximate surface area is 101 Å². The lowest BCUT2D eigenvalue weighted by atomic mass is 10.1. The SMILES string of the molecule is NCCC(=O)OC(=O)CCCc1ccccc1. The van der Waals surface area contributed by atoms with E-state index in [9.17, 15) is 9.59 Å². The third-order valence-electron chi connectivity index (χ3n) is 2.27. The zero-order valence-corrected chi connectivity index (χ0v) is 9.72. The van der Waals surface area contributed by atoms with Crippen molar-refractivity contribution in [1.82, 2.24) is 0 Å². The lowest BCUT2D eigenvalue weighted by Crippen LogP contribution is -2.15. The number of hydrogen-bond acceptors (Lipinski definition) is 4. The van der Waals surface area contributed by atoms with Gasteiger partial charge >= 0.3 is 11.9 Å². The average Bonchev–Trinajstić information content (AvgIpc) is 2.30. The number of benzene rings is 1. The number of nitrogens with two attached hydrogens (primary N) is 1. The summed E-state index contributed by atoms with van der Waals surface area (Å²) in [6, 6.07) is 9.87. The molecule has 4 nitrogen and oxygen atoms in total. The predicted molar refractivity (Wildman–Crippen MR) is 64.2 cm³/mol. The Hall–Kier alpha value is -1.68. The fourth-order valence-electron chi connectivity index (χ4n) is 1.43. The minimum Gasteiger partial charge on any atom is -0.393 e. The molecule has 0 bridgehead atoms. The van der Waals surface area contributed by atoms with Gasteiger partial charge in [-0.2, -0.15) is 0 Å². The van der Waals surface area contributed by atoms with E-state index in [1.165, 1.54) is 5.56 Å². The van der Waals surface area contributed by atoms with Crippen molar-refractivity contribution >= 4 is 11.9 Å². The second kappa shape index (κ2) is 7.57. The highest BCUT2D eigenvalue weighted by Crippen LogP contribution is 2.05. The molecule has 0 heterocycles. The number of hydrogen-bond donors (Lipinski definition) is 1. The molecule has 1 aromatic rings. The molecule has 0 aromatic heterocycles. The number of esters is 2. The maximum atomic E-state index is 11.2. The van der Waals surface area contributed by atoms with Crippen LogP contribution in [0.1, 0.15) is 24.8 Å². The molecule has 0 atom stereocenters. The van der Waals surface area contributed by atoms with Crippen LogP contribution in [0.25, 0.3) is 0 Å². The first kappa shape index (κ1) is 13.4. The molecule has 4 heteroatoms. The Morgan fingerprint density at radius 2 is 1.71 bits per heavy atom. The van der Waals surface area contributed by atoms with Gasteiger partial charge < -0.3 is 10.5 Å². The number of ether oxygens (including phenoxy) is 1. The van der Waals surface area contributed by atoms with Crippen LogP contribution in [-0.2, 0) is 20.7 Å². The van der Waals surface area contributed by atoms with Crippen molar-refractivity contribution in [3.05, 3.63) is 35.9 Å². The van der Waals surface area contributed by atoms with Crippen molar-refractivity contribution in [1.29, 1.82) is 0 Å². The third-order valence-corrected chi connectivity index (χ3v) is 2.27. The molecule has 1 aromatic carbocycles. The molecule has 0 saturated heterocycles. The molecule has 0 spiro atoms. The number of carbonyl (C=O) groups excluding carboxylic acids is 2. The van der Waals surface area contributed by atoms with Gasteiger partial charge in [-0.15, -0.1) is 0 Å². The van der Waals surface area contributed by atoms with Crippen LogP contribution < -0.4 is 5.73 Å². The van der Waals surface area contributed by atoms with Gasteiger partial charge in [-0.1, -0.05) is 30.3 Å². The summed E-state index contributed by atoms with van der Waals surface area (Å²) in [4.78, 5) is 22.2. The summed E-state index contributed by atoms with van der Waals surface area (Å²) in [7, 11) is 0. The van der Waals surface area contributed by atoms with E-state index in [0.717, 1.165) is 6.42 Å². The van der Waals surface area contributed by atoms with Gasteiger partial charge in [-0.05, 0) is 18.4 Å². The van der Waals surface area contributed by atoms with Gasteiger partial charge in [0.15, 0.2) is 0 Å². The number of carbonyl (C=O) groups is 2. The Balaban J connectivity index is 2.18. The number of rotatable bonds is 6. The summed E-state index contributed by atoms with van der Waals surface area (Å²) in [5.74, 6) is -1.02. The van der Waals surface area contributed by atoms with Crippen LogP contribution in [-0.4, -0.2) is 18.5 Å². The van der Waals surface area contributed by atoms with Gasteiger partial charge in [0.2, 0.25) is 0 Å². The van der Waals surface area contributed by atoms with Crippen LogP contribution in [0.5, 0.6) is 0 Å². The first-order chi connectivity index (χ1) is 8.22. The lowest BCUT2D eigenvalue weighted by Gasteiger charge is -2.02. The molecule has 0 aliphatic heterocycles. The highest BCUT2D eigenvalue weighted by Gasteiger charge is 2.08. The van der Waals surface area contributed by atoms with Gasteiger partial charge in [-0.3, -0.25) is 9.59 Å². The fourth-order valence-corrected chi connectivity index (χ4v) is 1.43. The maximum absolute atomic E-state index is 11.2. The van der Waals surface area contributed by atoms with E-state index in [0.29, 0.717) is 6.42 Å². The van der Waals surface area contributed by atoms with E-state index in [1.807, 2.05) is 30.3 Å². The van der Waals surface area contributed by atoms with Crippen molar-refractivity contribution in [3.63, 3.8) is 0 Å². The largest absolute Gasteiger partial charge is 0.393 e. The number of aryl methyl sites for hydroxylation is 1. The monoisotopic (exact) mass is 235 g/mol. The molecule has 0 aliphatic rings. The van der Waals surface area contributed by atoms with E-state index in [-0.39, 0.29) is 19.4 Å². The highest BCUT2D eigenvalue weighted by atomic mass is 16.6. The summed E-state index contributed by atoms with van der Waals surface area (Å²) in [6.07, 6.45) is 1.83. The average molecular weight is 235 g/mol. The van der Waals surface area contributed by atoms with Crippen LogP contribution in [0.4, 0.5) is 0 Å². The summed E-state index contributed by atoms with van der Waals surface area (Å²) in [6.45, 7) is 0.204. The van der Waals surface area contributed by atoms with Gasteiger partial charge in [0.05, 0.1) is 6.42 Å². The molecular formula is C13H17NO3. The molecule has 0 radical (unpaired) electrons. The van der Waals surface area contributed by atoms with Gasteiger partial charge in [0.25, 0.3) is 0 Å². The second-order valence-corrected chi connectivity index (χ2v) is 3.72. The Bertz CT molecular complexity index is 362. The van der Waals surface area contributed by atoms with E-state index in [2.05, 4.69) is 4.74 Å². The minimum atomic E-state index is -0.544. The topological polar surface area (TPSA) is 69.4 Å². The third kappa shape index (κ3) is 5.82. The predicted octanol–water partition coefficient (Wildman–Crippen LogP) is 1.43. The van der Waals surface area contributed by atoms with E-state index < -0.39 is 11.9 Å². The smallest absolute Gasteiger partial charge is 0.314 e. The highest BCUT2D eigenvalue weighted by molar-refractivity contribution is 5.85. The van der Waals surface area contributed by atoms with Gasteiger partial charge in [0, 0.05) is 13.0 Å². The molecule has 92 valence electrons. The standard InChI is InChI=1S/C13H17NO3/c14-10-9-13(16)17-12(15)8-4-7-11-5-2-1-3-6-11/h1-3,5-6H,4,7-10,14H2. The van der Waals surface area contributed by atoms with Crippen molar-refractivity contribution in [2.45, 2.75) is 25.7 Å². The van der Waals surface area contributed by atoms with Crippen molar-refractivity contribution < 1.29 is 14.3 Å². The first-order valence-corrected chi connectivity index (χ1v) is 5.70. The minimum absolute atomic E-state index is 0.0877. The molecular weight excluding hydrogens is 218 g/mol. The normalized spacial score (nSPS) is 9.94. The van der Waals surface area contributed by atoms with Crippen LogP contribution in [0.3, 0.4) is 0 Å². The Morgan fingerprint density at radius 1 is 1.06 bits per heavy atom. The summed E-state index contributed by atoms with van der Waals surface area (Å²) in [5.41, 5.74) is 6.34. The second-order valence-electron chi connectivity index (χ2n) is 3.72. The van der Waals surface area contributed by atoms with E-state index >= 15 is 0 Å². The quantitative estimate of drug-likeness (QED) is 0.598. The van der Waals surface area contributed by atoms with Crippen molar-refractivity contribution in [2.24, 2.45) is 5.73 Å². The molecule has 0 aliphatic carbocycles. The molecule has 1 rings (SSSR count). The molecule has 17 heavy (non-hydrogen) atoms. The van der Waals surface area contributed by atoms with Crippen molar-refractivity contribution in [3.8, 4) is 0 Å². The van der Waals surface area contributed by atoms with E-state index in [4.69, 9.17) is 5.73 Å². The summed E-state index contributed by atoms with van der Waals surface area (Å²) < 4.78 is 4.57. The van der Waals surface area contributed by atoms with Gasteiger partial charge in [-0.25, -0.2) is 0 Å². The Morgan fingerprint density at radius 3 is 2.35 bits per heavy atom. The first-order valence-electron chi connectivity index (χ1n) is 5.70. The van der Waals surface area contributed by atoms with E-state index in [1.54, 1.807) is 0 Å². The molecule has 0 fully saturated rings. The molecule has 0 amide bonds. The van der Waals surface area contributed by atoms with Crippen LogP contribution in [0.2, 0.25) is 0 Å². The summed E-state index contributed by atoms with van der Waals surface area (Å²) >= 11 is 0. The van der Waals surface area contributed by atoms with Crippen LogP contribution in [0.15, 0.2) is 30.3 Å². The van der Waals surface area contributed by atoms with Crippen LogP contribution in [0, 0.1) is 0 Å². The zero-order valence-electron chi connectivity index (χ0n) is 9.72. The zero-order chi connectivity index (χ0) is 12.5. The molecule has 2 N–H and O–H groups in total. The fraction of sp³-hybridized carbons (Fsp3) is 0.385. The van der Waals surface area contributed by atoms with Gasteiger partial charge in [0.1, 0.15) is 0 Å². The lowest BCUT2D eigenvalue weighted by molar-refractivity contribution is -0.159. The summed E-state index contributed by atoms with van der Waals surface area (Å²) in [5, 5.41) is 0. The maximum Gasteiger partial charge on any atom is 0.314 e. The molecule has 0 unspecified atom stereocenters.